The van der Waals surface area contributed by atoms with Crippen molar-refractivity contribution in [3.8, 4) is 5.75 Å². The van der Waals surface area contributed by atoms with Crippen LogP contribution in [0.25, 0.3) is 0 Å². The number of carbonyl (C=O) groups is 1. The topological polar surface area (TPSA) is 41.6 Å². The lowest BCUT2D eigenvalue weighted by Gasteiger charge is -2.19. The third-order valence-electron chi connectivity index (χ3n) is 4.08. The fourth-order valence-electron chi connectivity index (χ4n) is 2.87. The molecule has 1 N–H and O–H groups in total. The largest absolute Gasteiger partial charge is 0.494 e. The van der Waals surface area contributed by atoms with Gasteiger partial charge in [-0.05, 0) is 62.2 Å². The fourth-order valence-corrected chi connectivity index (χ4v) is 3.17. The molecule has 1 fully saturated rings. The van der Waals surface area contributed by atoms with Crippen molar-refractivity contribution < 1.29 is 9.53 Å². The molecule has 0 saturated carbocycles. The SMILES string of the molecule is CCOc1ccc(C(=O)Nc2ccc(N3CCCC3)c(Cl)c2)cc1. The summed E-state index contributed by atoms with van der Waals surface area (Å²) in [7, 11) is 0. The Kier molecular flexibility index (Phi) is 5.26. The Morgan fingerprint density at radius 1 is 1.17 bits per heavy atom. The molecular formula is C19H21ClN2O2. The minimum absolute atomic E-state index is 0.164. The van der Waals surface area contributed by atoms with Gasteiger partial charge in [0, 0.05) is 24.3 Å². The summed E-state index contributed by atoms with van der Waals surface area (Å²) in [5.41, 5.74) is 2.31. The van der Waals surface area contributed by atoms with Crippen LogP contribution >= 0.6 is 11.6 Å². The summed E-state index contributed by atoms with van der Waals surface area (Å²) in [6.07, 6.45) is 2.40. The third-order valence-corrected chi connectivity index (χ3v) is 4.38. The van der Waals surface area contributed by atoms with E-state index in [-0.39, 0.29) is 5.91 Å². The number of ether oxygens (including phenoxy) is 1. The highest BCUT2D eigenvalue weighted by Crippen LogP contribution is 2.31. The molecule has 5 heteroatoms. The molecule has 0 spiro atoms. The van der Waals surface area contributed by atoms with Crippen LogP contribution in [-0.4, -0.2) is 25.6 Å². The van der Waals surface area contributed by atoms with Crippen molar-refractivity contribution in [2.45, 2.75) is 19.8 Å². The second-order valence-electron chi connectivity index (χ2n) is 5.77. The van der Waals surface area contributed by atoms with E-state index in [1.807, 2.05) is 25.1 Å². The van der Waals surface area contributed by atoms with Crippen LogP contribution in [0.2, 0.25) is 5.02 Å². The van der Waals surface area contributed by atoms with Crippen molar-refractivity contribution in [3.63, 3.8) is 0 Å². The average Bonchev–Trinajstić information content (AvgIpc) is 3.10. The van der Waals surface area contributed by atoms with Crippen LogP contribution in [0.4, 0.5) is 11.4 Å². The Hall–Kier alpha value is -2.20. The van der Waals surface area contributed by atoms with Crippen molar-refractivity contribution in [1.29, 1.82) is 0 Å². The minimum Gasteiger partial charge on any atom is -0.494 e. The predicted molar refractivity (Wildman–Crippen MR) is 98.5 cm³/mol. The van der Waals surface area contributed by atoms with Crippen molar-refractivity contribution in [2.75, 3.05) is 29.9 Å². The Balaban J connectivity index is 1.68. The Morgan fingerprint density at radius 2 is 1.88 bits per heavy atom. The zero-order valence-corrected chi connectivity index (χ0v) is 14.5. The number of halogens is 1. The maximum atomic E-state index is 12.3. The maximum Gasteiger partial charge on any atom is 0.255 e. The van der Waals surface area contributed by atoms with Crippen LogP contribution in [0.3, 0.4) is 0 Å². The van der Waals surface area contributed by atoms with Crippen molar-refractivity contribution >= 4 is 28.9 Å². The van der Waals surface area contributed by atoms with Crippen LogP contribution in [0.1, 0.15) is 30.1 Å². The molecule has 0 atom stereocenters. The number of hydrogen-bond acceptors (Lipinski definition) is 3. The van der Waals surface area contributed by atoms with E-state index in [1.165, 1.54) is 12.8 Å². The van der Waals surface area contributed by atoms with Gasteiger partial charge in [-0.15, -0.1) is 0 Å². The van der Waals surface area contributed by atoms with Crippen molar-refractivity contribution in [3.05, 3.63) is 53.1 Å². The van der Waals surface area contributed by atoms with Gasteiger partial charge in [0.1, 0.15) is 5.75 Å². The number of hydrogen-bond donors (Lipinski definition) is 1. The number of carbonyl (C=O) groups excluding carboxylic acids is 1. The second kappa shape index (κ2) is 7.58. The van der Waals surface area contributed by atoms with Gasteiger partial charge >= 0.3 is 0 Å². The molecular weight excluding hydrogens is 324 g/mol. The van der Waals surface area contributed by atoms with Gasteiger partial charge in [-0.1, -0.05) is 11.6 Å². The molecule has 2 aromatic rings. The van der Waals surface area contributed by atoms with Gasteiger partial charge in [0.25, 0.3) is 5.91 Å². The summed E-state index contributed by atoms with van der Waals surface area (Å²) in [5.74, 6) is 0.593. The third kappa shape index (κ3) is 3.82. The first kappa shape index (κ1) is 16.7. The number of benzene rings is 2. The first-order valence-corrected chi connectivity index (χ1v) is 8.64. The lowest BCUT2D eigenvalue weighted by Crippen LogP contribution is -2.18. The predicted octanol–water partition coefficient (Wildman–Crippen LogP) is 4.59. The number of anilines is 2. The molecule has 1 aliphatic heterocycles. The van der Waals surface area contributed by atoms with E-state index in [2.05, 4.69) is 10.2 Å². The van der Waals surface area contributed by atoms with Gasteiger partial charge in [0.15, 0.2) is 0 Å². The minimum atomic E-state index is -0.164. The lowest BCUT2D eigenvalue weighted by molar-refractivity contribution is 0.102. The Bertz CT molecular complexity index is 710. The molecule has 0 aromatic heterocycles. The van der Waals surface area contributed by atoms with E-state index in [1.54, 1.807) is 24.3 Å². The van der Waals surface area contributed by atoms with Gasteiger partial charge in [-0.2, -0.15) is 0 Å². The Morgan fingerprint density at radius 3 is 2.50 bits per heavy atom. The fraction of sp³-hybridized carbons (Fsp3) is 0.316. The molecule has 0 aliphatic carbocycles. The molecule has 1 saturated heterocycles. The number of amides is 1. The van der Waals surface area contributed by atoms with Gasteiger partial charge < -0.3 is 15.0 Å². The zero-order valence-electron chi connectivity index (χ0n) is 13.7. The van der Waals surface area contributed by atoms with Gasteiger partial charge in [0.2, 0.25) is 0 Å². The first-order valence-electron chi connectivity index (χ1n) is 8.26. The normalized spacial score (nSPS) is 13.8. The van der Waals surface area contributed by atoms with Crippen LogP contribution in [0, 0.1) is 0 Å². The molecule has 1 amide bonds. The quantitative estimate of drug-likeness (QED) is 0.862. The van der Waals surface area contributed by atoms with Gasteiger partial charge in [-0.25, -0.2) is 0 Å². The summed E-state index contributed by atoms with van der Waals surface area (Å²) >= 11 is 6.38. The summed E-state index contributed by atoms with van der Waals surface area (Å²) in [4.78, 5) is 14.6. The summed E-state index contributed by atoms with van der Waals surface area (Å²) in [6, 6.07) is 12.8. The van der Waals surface area contributed by atoms with Crippen LogP contribution in [0.5, 0.6) is 5.75 Å². The molecule has 3 rings (SSSR count). The summed E-state index contributed by atoms with van der Waals surface area (Å²) in [5, 5.41) is 3.55. The smallest absolute Gasteiger partial charge is 0.255 e. The first-order chi connectivity index (χ1) is 11.7. The monoisotopic (exact) mass is 344 g/mol. The zero-order chi connectivity index (χ0) is 16.9. The molecule has 4 nitrogen and oxygen atoms in total. The molecule has 126 valence electrons. The standard InChI is InChI=1S/C19H21ClN2O2/c1-2-24-16-8-5-14(6-9-16)19(23)21-15-7-10-18(17(20)13-15)22-11-3-4-12-22/h5-10,13H,2-4,11-12H2,1H3,(H,21,23). The van der Waals surface area contributed by atoms with E-state index >= 15 is 0 Å². The van der Waals surface area contributed by atoms with E-state index in [0.717, 1.165) is 24.5 Å². The molecule has 24 heavy (non-hydrogen) atoms. The molecule has 1 heterocycles. The number of rotatable bonds is 5. The van der Waals surface area contributed by atoms with Crippen LogP contribution < -0.4 is 15.0 Å². The summed E-state index contributed by atoms with van der Waals surface area (Å²) in [6.45, 7) is 4.61. The highest BCUT2D eigenvalue weighted by atomic mass is 35.5. The van der Waals surface area contributed by atoms with E-state index in [4.69, 9.17) is 16.3 Å². The average molecular weight is 345 g/mol. The molecule has 1 aliphatic rings. The summed E-state index contributed by atoms with van der Waals surface area (Å²) < 4.78 is 5.38. The Labute approximate surface area is 147 Å². The van der Waals surface area contributed by atoms with Crippen molar-refractivity contribution in [1.82, 2.24) is 0 Å². The van der Waals surface area contributed by atoms with Crippen LogP contribution in [-0.2, 0) is 0 Å². The molecule has 0 bridgehead atoms. The van der Waals surface area contributed by atoms with Gasteiger partial charge in [0.05, 0.1) is 17.3 Å². The second-order valence-corrected chi connectivity index (χ2v) is 6.18. The highest BCUT2D eigenvalue weighted by Gasteiger charge is 2.16. The molecule has 0 unspecified atom stereocenters. The van der Waals surface area contributed by atoms with E-state index in [0.29, 0.717) is 22.9 Å². The molecule has 2 aromatic carbocycles. The lowest BCUT2D eigenvalue weighted by atomic mass is 10.2. The maximum absolute atomic E-state index is 12.3. The van der Waals surface area contributed by atoms with Crippen molar-refractivity contribution in [2.24, 2.45) is 0 Å². The molecule has 0 radical (unpaired) electrons. The number of nitrogens with zero attached hydrogens (tertiary/aromatic N) is 1. The van der Waals surface area contributed by atoms with E-state index in [9.17, 15) is 4.79 Å². The highest BCUT2D eigenvalue weighted by molar-refractivity contribution is 6.33. The number of nitrogens with one attached hydrogen (secondary N) is 1. The van der Waals surface area contributed by atoms with Crippen LogP contribution in [0.15, 0.2) is 42.5 Å². The van der Waals surface area contributed by atoms with Gasteiger partial charge in [-0.3, -0.25) is 4.79 Å². The van der Waals surface area contributed by atoms with E-state index < -0.39 is 0 Å².